The number of ether oxygens (including phenoxy) is 1. The molecular formula is C27H27N3O4. The number of nitrogens with zero attached hydrogens (tertiary/aromatic N) is 2. The van der Waals surface area contributed by atoms with Gasteiger partial charge in [-0.1, -0.05) is 60.7 Å². The highest BCUT2D eigenvalue weighted by Crippen LogP contribution is 2.35. The average molecular weight is 458 g/mol. The van der Waals surface area contributed by atoms with E-state index in [2.05, 4.69) is 5.32 Å². The van der Waals surface area contributed by atoms with Gasteiger partial charge in [-0.15, -0.1) is 0 Å². The fourth-order valence-corrected chi connectivity index (χ4v) is 3.90. The van der Waals surface area contributed by atoms with Crippen LogP contribution in [0.1, 0.15) is 34.5 Å². The van der Waals surface area contributed by atoms with Crippen molar-refractivity contribution in [3.63, 3.8) is 0 Å². The first-order valence-electron chi connectivity index (χ1n) is 11.2. The Balaban J connectivity index is 1.56. The molecule has 1 heterocycles. The van der Waals surface area contributed by atoms with Gasteiger partial charge in [0.1, 0.15) is 0 Å². The van der Waals surface area contributed by atoms with Crippen molar-refractivity contribution < 1.29 is 19.1 Å². The molecule has 4 rings (SSSR count). The molecule has 34 heavy (non-hydrogen) atoms. The lowest BCUT2D eigenvalue weighted by Crippen LogP contribution is -2.46. The van der Waals surface area contributed by atoms with Crippen LogP contribution in [0.4, 0.5) is 10.5 Å². The summed E-state index contributed by atoms with van der Waals surface area (Å²) in [6, 6.07) is 24.7. The molecule has 3 aromatic carbocycles. The van der Waals surface area contributed by atoms with Crippen LogP contribution in [0.5, 0.6) is 0 Å². The molecule has 0 aromatic heterocycles. The Bertz CT molecular complexity index is 1150. The molecule has 1 saturated heterocycles. The summed E-state index contributed by atoms with van der Waals surface area (Å²) in [4.78, 5) is 41.6. The zero-order valence-corrected chi connectivity index (χ0v) is 19.2. The number of carbonyl (C=O) groups is 3. The minimum atomic E-state index is -0.789. The molecule has 0 spiro atoms. The fraction of sp³-hybridized carbons (Fsp3) is 0.222. The predicted molar refractivity (Wildman–Crippen MR) is 129 cm³/mol. The first kappa shape index (κ1) is 23.0. The highest BCUT2D eigenvalue weighted by molar-refractivity contribution is 6.04. The number of cyclic esters (lactones) is 1. The van der Waals surface area contributed by atoms with E-state index in [1.54, 1.807) is 60.5 Å². The standard InChI is InChI=1S/C27H27N3O4/c1-3-29(2)26(32)23-24(34-27(33)30(23)18-19-10-6-4-7-11-19)20-14-16-22(17-15-20)28-25(31)21-12-8-5-9-13-21/h4-17,23-24H,3,18H2,1-2H3,(H,28,31). The van der Waals surface area contributed by atoms with Gasteiger partial charge in [0.15, 0.2) is 12.1 Å². The summed E-state index contributed by atoms with van der Waals surface area (Å²) in [6.45, 7) is 2.67. The van der Waals surface area contributed by atoms with Gasteiger partial charge in [-0.2, -0.15) is 0 Å². The minimum absolute atomic E-state index is 0.185. The molecule has 1 aliphatic rings. The van der Waals surface area contributed by atoms with E-state index in [9.17, 15) is 14.4 Å². The van der Waals surface area contributed by atoms with E-state index in [0.29, 0.717) is 23.4 Å². The maximum absolute atomic E-state index is 13.3. The molecule has 174 valence electrons. The number of rotatable bonds is 7. The highest BCUT2D eigenvalue weighted by atomic mass is 16.6. The molecule has 1 fully saturated rings. The molecular weight excluding hydrogens is 430 g/mol. The largest absolute Gasteiger partial charge is 0.438 e. The summed E-state index contributed by atoms with van der Waals surface area (Å²) in [5.41, 5.74) is 2.76. The SMILES string of the molecule is CCN(C)C(=O)C1C(c2ccc(NC(=O)c3ccccc3)cc2)OC(=O)N1Cc1ccccc1. The lowest BCUT2D eigenvalue weighted by atomic mass is 10.00. The lowest BCUT2D eigenvalue weighted by molar-refractivity contribution is -0.135. The maximum Gasteiger partial charge on any atom is 0.411 e. The van der Waals surface area contributed by atoms with Crippen molar-refractivity contribution >= 4 is 23.6 Å². The summed E-state index contributed by atoms with van der Waals surface area (Å²) >= 11 is 0. The Hall–Kier alpha value is -4.13. The Morgan fingerprint density at radius 1 is 0.941 bits per heavy atom. The van der Waals surface area contributed by atoms with Gasteiger partial charge in [-0.05, 0) is 42.3 Å². The Labute approximate surface area is 198 Å². The van der Waals surface area contributed by atoms with Crippen LogP contribution in [0.15, 0.2) is 84.9 Å². The van der Waals surface area contributed by atoms with Crippen LogP contribution in [0, 0.1) is 0 Å². The third-order valence-corrected chi connectivity index (χ3v) is 5.92. The van der Waals surface area contributed by atoms with Crippen LogP contribution in [0.3, 0.4) is 0 Å². The third-order valence-electron chi connectivity index (χ3n) is 5.92. The number of carbonyl (C=O) groups excluding carboxylic acids is 3. The summed E-state index contributed by atoms with van der Waals surface area (Å²) in [6.07, 6.45) is -1.28. The number of nitrogens with one attached hydrogen (secondary N) is 1. The predicted octanol–water partition coefficient (Wildman–Crippen LogP) is 4.48. The van der Waals surface area contributed by atoms with Crippen LogP contribution in [0.2, 0.25) is 0 Å². The zero-order chi connectivity index (χ0) is 24.1. The molecule has 0 radical (unpaired) electrons. The topological polar surface area (TPSA) is 79.0 Å². The van der Waals surface area contributed by atoms with Gasteiger partial charge in [0, 0.05) is 24.8 Å². The molecule has 0 aliphatic carbocycles. The number of benzene rings is 3. The second-order valence-electron chi connectivity index (χ2n) is 8.16. The van der Waals surface area contributed by atoms with Gasteiger partial charge in [0.05, 0.1) is 6.54 Å². The third kappa shape index (κ3) is 4.93. The molecule has 0 saturated carbocycles. The second kappa shape index (κ2) is 10.2. The maximum atomic E-state index is 13.3. The summed E-state index contributed by atoms with van der Waals surface area (Å²) in [5, 5.41) is 2.86. The number of anilines is 1. The number of amides is 3. The van der Waals surface area contributed by atoms with E-state index in [4.69, 9.17) is 4.74 Å². The number of hydrogen-bond acceptors (Lipinski definition) is 4. The van der Waals surface area contributed by atoms with Crippen molar-refractivity contribution in [2.24, 2.45) is 0 Å². The van der Waals surface area contributed by atoms with Crippen molar-refractivity contribution in [3.8, 4) is 0 Å². The van der Waals surface area contributed by atoms with E-state index in [1.807, 2.05) is 43.3 Å². The van der Waals surface area contributed by atoms with Gasteiger partial charge < -0.3 is 15.0 Å². The Morgan fingerprint density at radius 3 is 2.18 bits per heavy atom. The van der Waals surface area contributed by atoms with Gasteiger partial charge >= 0.3 is 6.09 Å². The molecule has 1 N–H and O–H groups in total. The van der Waals surface area contributed by atoms with Crippen molar-refractivity contribution in [1.82, 2.24) is 9.80 Å². The highest BCUT2D eigenvalue weighted by Gasteiger charge is 2.47. The second-order valence-corrected chi connectivity index (χ2v) is 8.16. The molecule has 0 bridgehead atoms. The molecule has 3 amide bonds. The molecule has 7 heteroatoms. The van der Waals surface area contributed by atoms with Crippen molar-refractivity contribution in [1.29, 1.82) is 0 Å². The first-order valence-corrected chi connectivity index (χ1v) is 11.2. The minimum Gasteiger partial charge on any atom is -0.438 e. The quantitative estimate of drug-likeness (QED) is 0.567. The van der Waals surface area contributed by atoms with Crippen molar-refractivity contribution in [2.45, 2.75) is 25.6 Å². The van der Waals surface area contributed by atoms with E-state index in [-0.39, 0.29) is 18.4 Å². The van der Waals surface area contributed by atoms with Crippen LogP contribution in [0.25, 0.3) is 0 Å². The van der Waals surface area contributed by atoms with Crippen LogP contribution < -0.4 is 5.32 Å². The van der Waals surface area contributed by atoms with Crippen molar-refractivity contribution in [3.05, 3.63) is 102 Å². The van der Waals surface area contributed by atoms with E-state index in [1.165, 1.54) is 4.90 Å². The average Bonchev–Trinajstić information content (AvgIpc) is 3.20. The Morgan fingerprint density at radius 2 is 1.56 bits per heavy atom. The molecule has 7 nitrogen and oxygen atoms in total. The van der Waals surface area contributed by atoms with Crippen LogP contribution >= 0.6 is 0 Å². The molecule has 2 unspecified atom stereocenters. The van der Waals surface area contributed by atoms with E-state index >= 15 is 0 Å². The van der Waals surface area contributed by atoms with Crippen molar-refractivity contribution in [2.75, 3.05) is 18.9 Å². The van der Waals surface area contributed by atoms with E-state index < -0.39 is 18.2 Å². The lowest BCUT2D eigenvalue weighted by Gasteiger charge is -2.28. The van der Waals surface area contributed by atoms with Gasteiger partial charge in [-0.25, -0.2) is 4.79 Å². The summed E-state index contributed by atoms with van der Waals surface area (Å²) in [5.74, 6) is -0.400. The summed E-state index contributed by atoms with van der Waals surface area (Å²) < 4.78 is 5.70. The van der Waals surface area contributed by atoms with Crippen LogP contribution in [-0.2, 0) is 16.1 Å². The monoisotopic (exact) mass is 457 g/mol. The zero-order valence-electron chi connectivity index (χ0n) is 19.2. The Kier molecular flexibility index (Phi) is 6.92. The van der Waals surface area contributed by atoms with Gasteiger partial charge in [0.25, 0.3) is 5.91 Å². The molecule has 2 atom stereocenters. The van der Waals surface area contributed by atoms with Crippen LogP contribution in [-0.4, -0.2) is 47.3 Å². The first-order chi connectivity index (χ1) is 16.5. The smallest absolute Gasteiger partial charge is 0.411 e. The number of hydrogen-bond donors (Lipinski definition) is 1. The summed E-state index contributed by atoms with van der Waals surface area (Å²) in [7, 11) is 1.71. The fourth-order valence-electron chi connectivity index (χ4n) is 3.90. The van der Waals surface area contributed by atoms with Gasteiger partial charge in [0.2, 0.25) is 5.91 Å². The van der Waals surface area contributed by atoms with E-state index in [0.717, 1.165) is 5.56 Å². The molecule has 3 aromatic rings. The van der Waals surface area contributed by atoms with Gasteiger partial charge in [-0.3, -0.25) is 14.5 Å². The normalized spacial score (nSPS) is 17.2. The number of likely N-dealkylation sites (N-methyl/N-ethyl adjacent to an activating group) is 1. The molecule has 1 aliphatic heterocycles.